The number of ether oxygens (including phenoxy) is 1. The quantitative estimate of drug-likeness (QED) is 0.792. The van der Waals surface area contributed by atoms with E-state index >= 15 is 0 Å². The standard InChI is InChI=1S/C15H13Cl2FN2O2/c1-9(22-12-5-2-10(16)3-6-12)19-15(21)20-11-4-7-14(18)13(17)8-11/h2-9H,1H3,(H2,19,20,21). The van der Waals surface area contributed by atoms with Gasteiger partial charge in [0.15, 0.2) is 6.23 Å². The van der Waals surface area contributed by atoms with Gasteiger partial charge in [-0.2, -0.15) is 0 Å². The zero-order chi connectivity index (χ0) is 16.1. The fraction of sp³-hybridized carbons (Fsp3) is 0.133. The minimum atomic E-state index is -0.572. The van der Waals surface area contributed by atoms with E-state index in [1.807, 2.05) is 0 Å². The first-order valence-electron chi connectivity index (χ1n) is 6.39. The summed E-state index contributed by atoms with van der Waals surface area (Å²) in [6.07, 6.45) is -0.572. The molecule has 0 saturated carbocycles. The van der Waals surface area contributed by atoms with Crippen molar-refractivity contribution in [2.45, 2.75) is 13.2 Å². The normalized spacial score (nSPS) is 11.6. The van der Waals surface area contributed by atoms with E-state index in [2.05, 4.69) is 10.6 Å². The van der Waals surface area contributed by atoms with Crippen molar-refractivity contribution in [1.29, 1.82) is 0 Å². The summed E-state index contributed by atoms with van der Waals surface area (Å²) in [6, 6.07) is 10.2. The number of halogens is 3. The Hall–Kier alpha value is -1.98. The molecule has 2 N–H and O–H groups in total. The molecule has 2 rings (SSSR count). The lowest BCUT2D eigenvalue weighted by molar-refractivity contribution is 0.183. The largest absolute Gasteiger partial charge is 0.471 e. The highest BCUT2D eigenvalue weighted by atomic mass is 35.5. The molecule has 2 aromatic rings. The van der Waals surface area contributed by atoms with E-state index in [4.69, 9.17) is 27.9 Å². The van der Waals surface area contributed by atoms with Crippen LogP contribution < -0.4 is 15.4 Å². The first kappa shape index (κ1) is 16.4. The maximum absolute atomic E-state index is 13.0. The summed E-state index contributed by atoms with van der Waals surface area (Å²) >= 11 is 11.4. The van der Waals surface area contributed by atoms with Gasteiger partial charge in [0.2, 0.25) is 0 Å². The summed E-state index contributed by atoms with van der Waals surface area (Å²) in [7, 11) is 0. The third kappa shape index (κ3) is 4.79. The molecule has 0 fully saturated rings. The lowest BCUT2D eigenvalue weighted by Gasteiger charge is -2.17. The van der Waals surface area contributed by atoms with E-state index < -0.39 is 18.1 Å². The summed E-state index contributed by atoms with van der Waals surface area (Å²) < 4.78 is 18.5. The molecule has 1 unspecified atom stereocenters. The van der Waals surface area contributed by atoms with Crippen molar-refractivity contribution in [2.24, 2.45) is 0 Å². The van der Waals surface area contributed by atoms with Gasteiger partial charge in [-0.3, -0.25) is 0 Å². The lowest BCUT2D eigenvalue weighted by Crippen LogP contribution is -2.39. The first-order valence-corrected chi connectivity index (χ1v) is 7.14. The number of carbonyl (C=O) groups excluding carboxylic acids is 1. The molecule has 0 saturated heterocycles. The maximum Gasteiger partial charge on any atom is 0.322 e. The third-order valence-corrected chi connectivity index (χ3v) is 3.18. The molecule has 0 spiro atoms. The highest BCUT2D eigenvalue weighted by Crippen LogP contribution is 2.19. The van der Waals surface area contributed by atoms with Crippen LogP contribution in [-0.2, 0) is 0 Å². The van der Waals surface area contributed by atoms with E-state index in [-0.39, 0.29) is 5.02 Å². The van der Waals surface area contributed by atoms with Gasteiger partial charge in [0.05, 0.1) is 5.02 Å². The Bertz CT molecular complexity index is 665. The van der Waals surface area contributed by atoms with Crippen molar-refractivity contribution in [3.8, 4) is 5.75 Å². The fourth-order valence-corrected chi connectivity index (χ4v) is 1.98. The number of rotatable bonds is 4. The average molecular weight is 343 g/mol. The second-order valence-corrected chi connectivity index (χ2v) is 5.28. The molecule has 2 amide bonds. The third-order valence-electron chi connectivity index (χ3n) is 2.64. The van der Waals surface area contributed by atoms with Gasteiger partial charge in [-0.25, -0.2) is 9.18 Å². The number of anilines is 1. The molecule has 1 atom stereocenters. The average Bonchev–Trinajstić information content (AvgIpc) is 2.45. The molecule has 2 aromatic carbocycles. The van der Waals surface area contributed by atoms with Gasteiger partial charge in [0, 0.05) is 10.7 Å². The van der Waals surface area contributed by atoms with Gasteiger partial charge in [0.1, 0.15) is 11.6 Å². The predicted octanol–water partition coefficient (Wildman–Crippen LogP) is 4.68. The highest BCUT2D eigenvalue weighted by molar-refractivity contribution is 6.31. The summed E-state index contributed by atoms with van der Waals surface area (Å²) in [5.41, 5.74) is 0.377. The van der Waals surface area contributed by atoms with E-state index in [0.717, 1.165) is 0 Å². The zero-order valence-electron chi connectivity index (χ0n) is 11.6. The molecule has 0 aliphatic rings. The molecule has 0 aromatic heterocycles. The van der Waals surface area contributed by atoms with Gasteiger partial charge < -0.3 is 15.4 Å². The summed E-state index contributed by atoms with van der Waals surface area (Å²) in [5, 5.41) is 5.65. The predicted molar refractivity (Wildman–Crippen MR) is 85.1 cm³/mol. The van der Waals surface area contributed by atoms with Crippen LogP contribution in [0, 0.1) is 5.82 Å². The van der Waals surface area contributed by atoms with Crippen molar-refractivity contribution in [3.05, 3.63) is 58.3 Å². The van der Waals surface area contributed by atoms with Crippen LogP contribution in [-0.4, -0.2) is 12.3 Å². The second kappa shape index (κ2) is 7.33. The Labute approximate surface area is 137 Å². The number of hydrogen-bond donors (Lipinski definition) is 2. The van der Waals surface area contributed by atoms with Crippen LogP contribution in [0.1, 0.15) is 6.92 Å². The van der Waals surface area contributed by atoms with E-state index in [0.29, 0.717) is 16.5 Å². The monoisotopic (exact) mass is 342 g/mol. The SMILES string of the molecule is CC(NC(=O)Nc1ccc(F)c(Cl)c1)Oc1ccc(Cl)cc1. The number of amides is 2. The molecular weight excluding hydrogens is 330 g/mol. The molecule has 7 heteroatoms. The second-order valence-electron chi connectivity index (χ2n) is 4.44. The minimum Gasteiger partial charge on any atom is -0.471 e. The summed E-state index contributed by atoms with van der Waals surface area (Å²) in [6.45, 7) is 1.67. The molecular formula is C15H13Cl2FN2O2. The summed E-state index contributed by atoms with van der Waals surface area (Å²) in [4.78, 5) is 11.8. The molecule has 116 valence electrons. The van der Waals surface area contributed by atoms with Crippen LogP contribution in [0.2, 0.25) is 10.0 Å². The molecule has 22 heavy (non-hydrogen) atoms. The number of carbonyl (C=O) groups is 1. The number of urea groups is 1. The van der Waals surface area contributed by atoms with E-state index in [9.17, 15) is 9.18 Å². The molecule has 0 aliphatic heterocycles. The Morgan fingerprint density at radius 3 is 2.50 bits per heavy atom. The van der Waals surface area contributed by atoms with Gasteiger partial charge in [-0.15, -0.1) is 0 Å². The van der Waals surface area contributed by atoms with Crippen LogP contribution in [0.15, 0.2) is 42.5 Å². The van der Waals surface area contributed by atoms with E-state index in [1.165, 1.54) is 18.2 Å². The number of nitrogens with one attached hydrogen (secondary N) is 2. The smallest absolute Gasteiger partial charge is 0.322 e. The van der Waals surface area contributed by atoms with Crippen LogP contribution in [0.5, 0.6) is 5.75 Å². The zero-order valence-corrected chi connectivity index (χ0v) is 13.1. The molecule has 0 heterocycles. The van der Waals surface area contributed by atoms with Crippen molar-refractivity contribution < 1.29 is 13.9 Å². The Morgan fingerprint density at radius 2 is 1.86 bits per heavy atom. The van der Waals surface area contributed by atoms with Gasteiger partial charge in [-0.1, -0.05) is 23.2 Å². The van der Waals surface area contributed by atoms with Crippen molar-refractivity contribution in [3.63, 3.8) is 0 Å². The van der Waals surface area contributed by atoms with Crippen LogP contribution in [0.4, 0.5) is 14.9 Å². The maximum atomic E-state index is 13.0. The minimum absolute atomic E-state index is 0.0664. The highest BCUT2D eigenvalue weighted by Gasteiger charge is 2.09. The van der Waals surface area contributed by atoms with Crippen molar-refractivity contribution in [1.82, 2.24) is 5.32 Å². The molecule has 4 nitrogen and oxygen atoms in total. The Balaban J connectivity index is 1.88. The Kier molecular flexibility index (Phi) is 5.46. The van der Waals surface area contributed by atoms with Gasteiger partial charge in [-0.05, 0) is 49.4 Å². The molecule has 0 bridgehead atoms. The summed E-state index contributed by atoms with van der Waals surface area (Å²) in [5.74, 6) is 0.0223. The number of hydrogen-bond acceptors (Lipinski definition) is 2. The van der Waals surface area contributed by atoms with Crippen LogP contribution >= 0.6 is 23.2 Å². The van der Waals surface area contributed by atoms with Crippen LogP contribution in [0.3, 0.4) is 0 Å². The van der Waals surface area contributed by atoms with Crippen LogP contribution in [0.25, 0.3) is 0 Å². The number of benzene rings is 2. The Morgan fingerprint density at radius 1 is 1.18 bits per heavy atom. The van der Waals surface area contributed by atoms with E-state index in [1.54, 1.807) is 31.2 Å². The lowest BCUT2D eigenvalue weighted by atomic mass is 10.3. The molecule has 0 aliphatic carbocycles. The fourth-order valence-electron chi connectivity index (χ4n) is 1.67. The first-order chi connectivity index (χ1) is 10.4. The van der Waals surface area contributed by atoms with Gasteiger partial charge in [0.25, 0.3) is 0 Å². The topological polar surface area (TPSA) is 50.4 Å². The molecule has 0 radical (unpaired) electrons. The van der Waals surface area contributed by atoms with Crippen molar-refractivity contribution >= 4 is 34.9 Å². The van der Waals surface area contributed by atoms with Crippen molar-refractivity contribution in [2.75, 3.05) is 5.32 Å². The van der Waals surface area contributed by atoms with Gasteiger partial charge >= 0.3 is 6.03 Å².